The molecule has 2 N–H and O–H groups in total. The number of benzene rings is 3. The van der Waals surface area contributed by atoms with E-state index in [0.717, 1.165) is 22.5 Å². The second-order valence-corrected chi connectivity index (χ2v) is 6.84. The van der Waals surface area contributed by atoms with Gasteiger partial charge in [-0.2, -0.15) is 0 Å². The van der Waals surface area contributed by atoms with Gasteiger partial charge < -0.3 is 10.6 Å². The Morgan fingerprint density at radius 3 is 2.27 bits per heavy atom. The maximum Gasteiger partial charge on any atom is 0.255 e. The fourth-order valence-corrected chi connectivity index (χ4v) is 2.95. The van der Waals surface area contributed by atoms with E-state index < -0.39 is 0 Å². The van der Waals surface area contributed by atoms with Gasteiger partial charge in [-0.15, -0.1) is 10.2 Å². The topological polar surface area (TPSA) is 66.9 Å². The van der Waals surface area contributed by atoms with E-state index in [1.807, 2.05) is 37.3 Å². The van der Waals surface area contributed by atoms with Gasteiger partial charge >= 0.3 is 0 Å². The highest BCUT2D eigenvalue weighted by Crippen LogP contribution is 2.20. The van der Waals surface area contributed by atoms with Crippen LogP contribution in [0.4, 0.5) is 21.6 Å². The molecule has 0 saturated carbocycles. The van der Waals surface area contributed by atoms with Gasteiger partial charge in [0.15, 0.2) is 5.82 Å². The number of rotatable bonds is 5. The van der Waals surface area contributed by atoms with E-state index in [1.54, 1.807) is 42.5 Å². The number of nitrogens with one attached hydrogen (secondary N) is 2. The van der Waals surface area contributed by atoms with Crippen LogP contribution in [0.5, 0.6) is 0 Å². The van der Waals surface area contributed by atoms with Gasteiger partial charge in [-0.25, -0.2) is 4.39 Å². The molecule has 148 valence electrons. The van der Waals surface area contributed by atoms with Crippen LogP contribution < -0.4 is 10.6 Å². The molecule has 0 aliphatic heterocycles. The summed E-state index contributed by atoms with van der Waals surface area (Å²) in [6.45, 7) is 1.98. The van der Waals surface area contributed by atoms with Crippen molar-refractivity contribution in [3.05, 3.63) is 102 Å². The Morgan fingerprint density at radius 1 is 0.833 bits per heavy atom. The molecule has 0 spiro atoms. The molecule has 0 radical (unpaired) electrons. The third-order valence-electron chi connectivity index (χ3n) is 4.50. The quantitative estimate of drug-likeness (QED) is 0.460. The first-order valence-electron chi connectivity index (χ1n) is 9.42. The van der Waals surface area contributed by atoms with Crippen molar-refractivity contribution in [2.24, 2.45) is 0 Å². The lowest BCUT2D eigenvalue weighted by Gasteiger charge is -2.08. The molecular formula is C24H19FN4O. The van der Waals surface area contributed by atoms with Crippen molar-refractivity contribution in [2.45, 2.75) is 6.92 Å². The summed E-state index contributed by atoms with van der Waals surface area (Å²) in [6, 6.07) is 24.5. The minimum Gasteiger partial charge on any atom is -0.339 e. The lowest BCUT2D eigenvalue weighted by molar-refractivity contribution is 0.102. The van der Waals surface area contributed by atoms with E-state index in [2.05, 4.69) is 20.8 Å². The smallest absolute Gasteiger partial charge is 0.255 e. The van der Waals surface area contributed by atoms with E-state index in [0.29, 0.717) is 17.1 Å². The molecule has 0 aliphatic rings. The van der Waals surface area contributed by atoms with Gasteiger partial charge in [0.1, 0.15) is 5.82 Å². The number of carbonyl (C=O) groups excluding carboxylic acids is 1. The Bertz CT molecular complexity index is 1160. The number of aryl methyl sites for hydroxylation is 1. The number of halogens is 1. The second kappa shape index (κ2) is 8.53. The van der Waals surface area contributed by atoms with Gasteiger partial charge in [-0.05, 0) is 85.3 Å². The summed E-state index contributed by atoms with van der Waals surface area (Å²) in [5.74, 6) is 0.106. The summed E-state index contributed by atoms with van der Waals surface area (Å²) in [7, 11) is 0. The fourth-order valence-electron chi connectivity index (χ4n) is 2.95. The Balaban J connectivity index is 1.40. The zero-order chi connectivity index (χ0) is 20.9. The molecule has 0 bridgehead atoms. The summed E-state index contributed by atoms with van der Waals surface area (Å²) >= 11 is 0. The molecule has 3 aromatic carbocycles. The largest absolute Gasteiger partial charge is 0.339 e. The van der Waals surface area contributed by atoms with Crippen LogP contribution in [-0.4, -0.2) is 16.1 Å². The first-order valence-corrected chi connectivity index (χ1v) is 9.42. The Hall–Kier alpha value is -4.06. The van der Waals surface area contributed by atoms with Gasteiger partial charge in [-0.3, -0.25) is 4.79 Å². The zero-order valence-corrected chi connectivity index (χ0v) is 16.3. The summed E-state index contributed by atoms with van der Waals surface area (Å²) in [5, 5.41) is 14.4. The first-order chi connectivity index (χ1) is 14.6. The minimum atomic E-state index is -0.291. The molecule has 6 heteroatoms. The van der Waals surface area contributed by atoms with E-state index in [4.69, 9.17) is 0 Å². The van der Waals surface area contributed by atoms with Gasteiger partial charge in [0.2, 0.25) is 0 Å². The van der Waals surface area contributed by atoms with E-state index >= 15 is 0 Å². The predicted molar refractivity (Wildman–Crippen MR) is 116 cm³/mol. The van der Waals surface area contributed by atoms with Crippen molar-refractivity contribution in [2.75, 3.05) is 10.6 Å². The molecule has 30 heavy (non-hydrogen) atoms. The standard InChI is InChI=1S/C24H19FN4O/c1-16-3-2-4-21(15-16)27-24(30)18-7-11-20(12-8-18)26-23-14-13-22(28-29-23)17-5-9-19(25)10-6-17/h2-15H,1H3,(H,26,29)(H,27,30). The van der Waals surface area contributed by atoms with Crippen LogP contribution in [0.3, 0.4) is 0 Å². The Kier molecular flexibility index (Phi) is 5.48. The van der Waals surface area contributed by atoms with Crippen LogP contribution in [0.1, 0.15) is 15.9 Å². The van der Waals surface area contributed by atoms with E-state index in [9.17, 15) is 9.18 Å². The summed E-state index contributed by atoms with van der Waals surface area (Å²) in [5.41, 5.74) is 4.63. The number of aromatic nitrogens is 2. The van der Waals surface area contributed by atoms with Crippen molar-refractivity contribution in [3.63, 3.8) is 0 Å². The van der Waals surface area contributed by atoms with Crippen molar-refractivity contribution in [1.29, 1.82) is 0 Å². The van der Waals surface area contributed by atoms with Crippen LogP contribution in [-0.2, 0) is 0 Å². The summed E-state index contributed by atoms with van der Waals surface area (Å²) in [6.07, 6.45) is 0. The van der Waals surface area contributed by atoms with Crippen LogP contribution in [0.2, 0.25) is 0 Å². The highest BCUT2D eigenvalue weighted by Gasteiger charge is 2.07. The average Bonchev–Trinajstić information content (AvgIpc) is 2.75. The number of carbonyl (C=O) groups is 1. The van der Waals surface area contributed by atoms with Crippen molar-refractivity contribution in [3.8, 4) is 11.3 Å². The van der Waals surface area contributed by atoms with Crippen molar-refractivity contribution in [1.82, 2.24) is 10.2 Å². The van der Waals surface area contributed by atoms with Gasteiger partial charge in [-0.1, -0.05) is 12.1 Å². The first kappa shape index (κ1) is 19.3. The monoisotopic (exact) mass is 398 g/mol. The van der Waals surface area contributed by atoms with E-state index in [-0.39, 0.29) is 11.7 Å². The number of anilines is 3. The molecule has 4 rings (SSSR count). The van der Waals surface area contributed by atoms with Gasteiger partial charge in [0, 0.05) is 22.5 Å². The second-order valence-electron chi connectivity index (χ2n) is 6.84. The molecule has 1 heterocycles. The van der Waals surface area contributed by atoms with Crippen LogP contribution >= 0.6 is 0 Å². The summed E-state index contributed by atoms with van der Waals surface area (Å²) in [4.78, 5) is 12.4. The molecular weight excluding hydrogens is 379 g/mol. The third kappa shape index (κ3) is 4.67. The number of hydrogen-bond donors (Lipinski definition) is 2. The average molecular weight is 398 g/mol. The summed E-state index contributed by atoms with van der Waals surface area (Å²) < 4.78 is 13.0. The van der Waals surface area contributed by atoms with Crippen LogP contribution in [0.15, 0.2) is 84.9 Å². The van der Waals surface area contributed by atoms with Crippen LogP contribution in [0, 0.1) is 12.7 Å². The maximum absolute atomic E-state index is 13.0. The zero-order valence-electron chi connectivity index (χ0n) is 16.3. The number of hydrogen-bond acceptors (Lipinski definition) is 4. The highest BCUT2D eigenvalue weighted by molar-refractivity contribution is 6.04. The number of nitrogens with zero attached hydrogens (tertiary/aromatic N) is 2. The molecule has 5 nitrogen and oxygen atoms in total. The fraction of sp³-hybridized carbons (Fsp3) is 0.0417. The molecule has 0 unspecified atom stereocenters. The highest BCUT2D eigenvalue weighted by atomic mass is 19.1. The molecule has 0 fully saturated rings. The molecule has 0 atom stereocenters. The molecule has 0 saturated heterocycles. The van der Waals surface area contributed by atoms with Crippen LogP contribution in [0.25, 0.3) is 11.3 Å². The molecule has 4 aromatic rings. The normalized spacial score (nSPS) is 10.5. The SMILES string of the molecule is Cc1cccc(NC(=O)c2ccc(Nc3ccc(-c4ccc(F)cc4)nn3)cc2)c1. The lowest BCUT2D eigenvalue weighted by Crippen LogP contribution is -2.11. The Morgan fingerprint density at radius 2 is 1.60 bits per heavy atom. The van der Waals surface area contributed by atoms with Gasteiger partial charge in [0.25, 0.3) is 5.91 Å². The molecule has 1 amide bonds. The van der Waals surface area contributed by atoms with Crippen molar-refractivity contribution < 1.29 is 9.18 Å². The van der Waals surface area contributed by atoms with E-state index in [1.165, 1.54) is 12.1 Å². The lowest BCUT2D eigenvalue weighted by atomic mass is 10.1. The third-order valence-corrected chi connectivity index (χ3v) is 4.50. The Labute approximate surface area is 173 Å². The molecule has 1 aromatic heterocycles. The predicted octanol–water partition coefficient (Wildman–Crippen LogP) is 5.59. The van der Waals surface area contributed by atoms with Gasteiger partial charge in [0.05, 0.1) is 5.69 Å². The number of amides is 1. The van der Waals surface area contributed by atoms with Crippen molar-refractivity contribution >= 4 is 23.1 Å². The minimum absolute atomic E-state index is 0.171. The maximum atomic E-state index is 13.0. The molecule has 0 aliphatic carbocycles.